The van der Waals surface area contributed by atoms with E-state index in [0.717, 1.165) is 0 Å². The summed E-state index contributed by atoms with van der Waals surface area (Å²) in [7, 11) is 0. The number of nitrogens with one attached hydrogen (secondary N) is 1. The molecule has 0 aromatic heterocycles. The Kier molecular flexibility index (Phi) is 8.25. The van der Waals surface area contributed by atoms with Crippen molar-refractivity contribution in [2.24, 2.45) is 0 Å². The summed E-state index contributed by atoms with van der Waals surface area (Å²) in [6, 6.07) is 0. The lowest BCUT2D eigenvalue weighted by Crippen LogP contribution is -2.33. The highest BCUT2D eigenvalue weighted by Crippen LogP contribution is 2.02. The second kappa shape index (κ2) is 10.0. The van der Waals surface area contributed by atoms with Gasteiger partial charge in [0.1, 0.15) is 5.84 Å². The molecule has 8 heteroatoms. The number of amidine groups is 1. The van der Waals surface area contributed by atoms with Gasteiger partial charge in [-0.1, -0.05) is 0 Å². The van der Waals surface area contributed by atoms with Gasteiger partial charge in [0.15, 0.2) is 0 Å². The fraction of sp³-hybridized carbons (Fsp3) is 0.615. The lowest BCUT2D eigenvalue weighted by Gasteiger charge is -2.15. The fourth-order valence-electron chi connectivity index (χ4n) is 1.54. The van der Waals surface area contributed by atoms with Gasteiger partial charge in [-0.25, -0.2) is 0 Å². The Labute approximate surface area is 122 Å². The molecule has 1 rings (SSSR count). The van der Waals surface area contributed by atoms with Gasteiger partial charge in [-0.05, 0) is 6.08 Å². The molecule has 2 N–H and O–H groups in total. The van der Waals surface area contributed by atoms with Crippen molar-refractivity contribution in [3.63, 3.8) is 0 Å². The number of amides is 1. The summed E-state index contributed by atoms with van der Waals surface area (Å²) in [6.45, 7) is 2.38. The summed E-state index contributed by atoms with van der Waals surface area (Å²) in [6.07, 6.45) is 2.80. The molecule has 0 fully saturated rings. The maximum Gasteiger partial charge on any atom is 0.305 e. The zero-order valence-electron chi connectivity index (χ0n) is 11.7. The molecule has 0 saturated carbocycles. The number of hydrogen-bond acceptors (Lipinski definition) is 6. The van der Waals surface area contributed by atoms with Gasteiger partial charge in [0.25, 0.3) is 5.91 Å². The molecule has 118 valence electrons. The number of carboxylic acid groups (broad SMARTS) is 1. The van der Waals surface area contributed by atoms with Gasteiger partial charge in [0.2, 0.25) is 0 Å². The van der Waals surface area contributed by atoms with Crippen LogP contribution in [-0.2, 0) is 23.8 Å². The normalized spacial score (nSPS) is 14.2. The van der Waals surface area contributed by atoms with E-state index in [1.165, 1.54) is 17.1 Å². The molecule has 1 aliphatic rings. The van der Waals surface area contributed by atoms with E-state index in [1.54, 1.807) is 0 Å². The standard InChI is InChI=1S/C13H20N2O6/c14-11-1-2-12(16)15(11)4-6-20-8-10-21-9-7-19-5-3-13(17)18/h1-2,14H,3-10H2,(H,17,18). The Morgan fingerprint density at radius 3 is 2.14 bits per heavy atom. The van der Waals surface area contributed by atoms with E-state index in [2.05, 4.69) is 0 Å². The van der Waals surface area contributed by atoms with Crippen molar-refractivity contribution in [2.75, 3.05) is 46.2 Å². The largest absolute Gasteiger partial charge is 0.481 e. The second-order valence-corrected chi connectivity index (χ2v) is 4.19. The molecule has 1 aliphatic heterocycles. The molecule has 0 saturated heterocycles. The van der Waals surface area contributed by atoms with E-state index >= 15 is 0 Å². The van der Waals surface area contributed by atoms with Crippen LogP contribution in [0.25, 0.3) is 0 Å². The molecule has 1 heterocycles. The summed E-state index contributed by atoms with van der Waals surface area (Å²) in [4.78, 5) is 22.8. The lowest BCUT2D eigenvalue weighted by molar-refractivity contribution is -0.138. The summed E-state index contributed by atoms with van der Waals surface area (Å²) in [5.74, 6) is -0.902. The predicted molar refractivity (Wildman–Crippen MR) is 73.3 cm³/mol. The Hall–Kier alpha value is -1.77. The molecule has 0 bridgehead atoms. The van der Waals surface area contributed by atoms with Gasteiger partial charge in [0.05, 0.1) is 52.6 Å². The van der Waals surface area contributed by atoms with Gasteiger partial charge < -0.3 is 19.3 Å². The predicted octanol–water partition coefficient (Wildman–Crippen LogP) is -0.113. The first kappa shape index (κ1) is 17.3. The van der Waals surface area contributed by atoms with E-state index in [9.17, 15) is 9.59 Å². The van der Waals surface area contributed by atoms with E-state index in [1.807, 2.05) is 0 Å². The molecule has 0 radical (unpaired) electrons. The lowest BCUT2D eigenvalue weighted by atomic mass is 10.5. The number of carbonyl (C=O) groups excluding carboxylic acids is 1. The first-order chi connectivity index (χ1) is 10.1. The third kappa shape index (κ3) is 7.54. The van der Waals surface area contributed by atoms with E-state index in [4.69, 9.17) is 24.7 Å². The van der Waals surface area contributed by atoms with Crippen LogP contribution < -0.4 is 0 Å². The molecule has 0 aliphatic carbocycles. The van der Waals surface area contributed by atoms with Crippen LogP contribution in [0.3, 0.4) is 0 Å². The first-order valence-electron chi connectivity index (χ1n) is 6.64. The molecule has 0 unspecified atom stereocenters. The summed E-state index contributed by atoms with van der Waals surface area (Å²) in [5, 5.41) is 15.9. The summed E-state index contributed by atoms with van der Waals surface area (Å²) < 4.78 is 15.6. The third-order valence-electron chi connectivity index (χ3n) is 2.60. The van der Waals surface area contributed by atoms with E-state index in [0.29, 0.717) is 39.6 Å². The Morgan fingerprint density at radius 1 is 1.05 bits per heavy atom. The molecule has 1 amide bonds. The van der Waals surface area contributed by atoms with Gasteiger partial charge in [-0.3, -0.25) is 19.9 Å². The Balaban J connectivity index is 1.84. The van der Waals surface area contributed by atoms with Crippen molar-refractivity contribution < 1.29 is 28.9 Å². The molecule has 0 spiro atoms. The van der Waals surface area contributed by atoms with Crippen molar-refractivity contribution in [2.45, 2.75) is 6.42 Å². The van der Waals surface area contributed by atoms with Crippen LogP contribution in [0.5, 0.6) is 0 Å². The minimum absolute atomic E-state index is 0.0117. The molecule has 0 aromatic carbocycles. The van der Waals surface area contributed by atoms with Crippen molar-refractivity contribution in [3.05, 3.63) is 12.2 Å². The van der Waals surface area contributed by atoms with Gasteiger partial charge in [0, 0.05) is 6.08 Å². The van der Waals surface area contributed by atoms with Crippen molar-refractivity contribution >= 4 is 17.7 Å². The zero-order chi connectivity index (χ0) is 15.5. The molecule has 0 atom stereocenters. The SMILES string of the molecule is N=C1C=CC(=O)N1CCOCCOCCOCCC(=O)O. The number of hydrogen-bond donors (Lipinski definition) is 2. The van der Waals surface area contributed by atoms with Crippen LogP contribution in [0.15, 0.2) is 12.2 Å². The van der Waals surface area contributed by atoms with Gasteiger partial charge in [-0.15, -0.1) is 0 Å². The summed E-state index contributed by atoms with van der Waals surface area (Å²) in [5.41, 5.74) is 0. The number of ether oxygens (including phenoxy) is 3. The first-order valence-corrected chi connectivity index (χ1v) is 6.64. The average Bonchev–Trinajstić information content (AvgIpc) is 2.75. The topological polar surface area (TPSA) is 109 Å². The summed E-state index contributed by atoms with van der Waals surface area (Å²) >= 11 is 0. The van der Waals surface area contributed by atoms with Gasteiger partial charge in [-0.2, -0.15) is 0 Å². The molecule has 0 aromatic rings. The zero-order valence-corrected chi connectivity index (χ0v) is 11.7. The number of carboxylic acids is 1. The molecular weight excluding hydrogens is 280 g/mol. The number of carbonyl (C=O) groups is 2. The van der Waals surface area contributed by atoms with Crippen molar-refractivity contribution in [1.29, 1.82) is 5.41 Å². The van der Waals surface area contributed by atoms with Crippen LogP contribution in [0.1, 0.15) is 6.42 Å². The highest BCUT2D eigenvalue weighted by Gasteiger charge is 2.19. The Morgan fingerprint density at radius 2 is 1.62 bits per heavy atom. The van der Waals surface area contributed by atoms with Crippen LogP contribution in [-0.4, -0.2) is 73.9 Å². The minimum Gasteiger partial charge on any atom is -0.481 e. The van der Waals surface area contributed by atoms with Crippen LogP contribution in [0, 0.1) is 5.41 Å². The van der Waals surface area contributed by atoms with Gasteiger partial charge >= 0.3 is 5.97 Å². The maximum atomic E-state index is 11.3. The second-order valence-electron chi connectivity index (χ2n) is 4.19. The van der Waals surface area contributed by atoms with E-state index in [-0.39, 0.29) is 24.8 Å². The Bertz CT molecular complexity index is 378. The number of aliphatic carboxylic acids is 1. The smallest absolute Gasteiger partial charge is 0.305 e. The minimum atomic E-state index is -0.885. The third-order valence-corrected chi connectivity index (χ3v) is 2.60. The van der Waals surface area contributed by atoms with Crippen molar-refractivity contribution in [3.8, 4) is 0 Å². The molecule has 8 nitrogen and oxygen atoms in total. The fourth-order valence-corrected chi connectivity index (χ4v) is 1.54. The quantitative estimate of drug-likeness (QED) is 0.487. The highest BCUT2D eigenvalue weighted by atomic mass is 16.5. The van der Waals surface area contributed by atoms with E-state index < -0.39 is 5.97 Å². The average molecular weight is 300 g/mol. The van der Waals surface area contributed by atoms with Crippen molar-refractivity contribution in [1.82, 2.24) is 4.90 Å². The maximum absolute atomic E-state index is 11.3. The monoisotopic (exact) mass is 300 g/mol. The molecular formula is C13H20N2O6. The van der Waals surface area contributed by atoms with Crippen LogP contribution >= 0.6 is 0 Å². The van der Waals surface area contributed by atoms with Crippen LogP contribution in [0.4, 0.5) is 0 Å². The molecule has 21 heavy (non-hydrogen) atoms. The highest BCUT2D eigenvalue weighted by molar-refractivity contribution is 6.14. The van der Waals surface area contributed by atoms with Crippen LogP contribution in [0.2, 0.25) is 0 Å². The number of nitrogens with zero attached hydrogens (tertiary/aromatic N) is 1. The number of rotatable bonds is 12.